The van der Waals surface area contributed by atoms with E-state index < -0.39 is 11.6 Å². The first-order chi connectivity index (χ1) is 9.10. The van der Waals surface area contributed by atoms with E-state index in [-0.39, 0.29) is 23.0 Å². The van der Waals surface area contributed by atoms with Crippen LogP contribution in [-0.2, 0) is 0 Å². The van der Waals surface area contributed by atoms with E-state index in [4.69, 9.17) is 15.7 Å². The summed E-state index contributed by atoms with van der Waals surface area (Å²) in [5.74, 6) is -1.63. The molecule has 0 bridgehead atoms. The molecule has 5 nitrogen and oxygen atoms in total. The van der Waals surface area contributed by atoms with Crippen molar-refractivity contribution in [1.82, 2.24) is 4.98 Å². The summed E-state index contributed by atoms with van der Waals surface area (Å²) in [7, 11) is 0. The maximum absolute atomic E-state index is 13.4. The number of rotatable bonds is 3. The van der Waals surface area contributed by atoms with Gasteiger partial charge in [0.25, 0.3) is 0 Å². The lowest BCUT2D eigenvalue weighted by Gasteiger charge is -2.07. The molecule has 0 aliphatic heterocycles. The molecule has 0 saturated carbocycles. The van der Waals surface area contributed by atoms with Crippen LogP contribution in [0.4, 0.5) is 8.78 Å². The summed E-state index contributed by atoms with van der Waals surface area (Å²) in [6.07, 6.45) is 1.33. The normalized spacial score (nSPS) is 11.4. The maximum atomic E-state index is 13.4. The van der Waals surface area contributed by atoms with Crippen LogP contribution in [0, 0.1) is 11.6 Å². The number of oxime groups is 1. The third-order valence-corrected chi connectivity index (χ3v) is 2.22. The molecule has 0 atom stereocenters. The molecular formula is C12H9F2N3O2. The first-order valence-corrected chi connectivity index (χ1v) is 5.17. The zero-order valence-electron chi connectivity index (χ0n) is 9.55. The summed E-state index contributed by atoms with van der Waals surface area (Å²) in [6, 6.07) is 5.61. The Hall–Kier alpha value is -2.70. The first kappa shape index (κ1) is 12.7. The molecule has 0 spiro atoms. The van der Waals surface area contributed by atoms with Gasteiger partial charge in [0.15, 0.2) is 17.4 Å². The number of benzene rings is 1. The van der Waals surface area contributed by atoms with Gasteiger partial charge in [-0.15, -0.1) is 0 Å². The molecule has 0 fully saturated rings. The predicted molar refractivity (Wildman–Crippen MR) is 63.2 cm³/mol. The molecule has 98 valence electrons. The standard InChI is InChI=1S/C12H9F2N3O2/c13-7-1-2-9(14)11(5-7)19-8-3-4-16-10(6-8)12(15)17-18/h1-6,18H,(H2,15,17). The number of ether oxygens (including phenoxy) is 1. The summed E-state index contributed by atoms with van der Waals surface area (Å²) in [5.41, 5.74) is 5.51. The Kier molecular flexibility index (Phi) is 3.56. The van der Waals surface area contributed by atoms with Crippen LogP contribution >= 0.6 is 0 Å². The van der Waals surface area contributed by atoms with Crippen LogP contribution in [0.2, 0.25) is 0 Å². The molecule has 1 aromatic heterocycles. The Labute approximate surface area is 107 Å². The van der Waals surface area contributed by atoms with Gasteiger partial charge < -0.3 is 15.7 Å². The Bertz CT molecular complexity index is 632. The number of halogens is 2. The third-order valence-electron chi connectivity index (χ3n) is 2.22. The van der Waals surface area contributed by atoms with E-state index in [1.165, 1.54) is 18.3 Å². The Morgan fingerprint density at radius 3 is 2.79 bits per heavy atom. The van der Waals surface area contributed by atoms with E-state index in [1.54, 1.807) is 0 Å². The van der Waals surface area contributed by atoms with Gasteiger partial charge in [0, 0.05) is 18.3 Å². The van der Waals surface area contributed by atoms with Gasteiger partial charge >= 0.3 is 0 Å². The lowest BCUT2D eigenvalue weighted by atomic mass is 10.3. The van der Waals surface area contributed by atoms with Crippen LogP contribution in [0.1, 0.15) is 5.69 Å². The van der Waals surface area contributed by atoms with Crippen LogP contribution < -0.4 is 10.5 Å². The van der Waals surface area contributed by atoms with Crippen molar-refractivity contribution in [3.05, 3.63) is 53.9 Å². The number of nitrogens with zero attached hydrogens (tertiary/aromatic N) is 2. The van der Waals surface area contributed by atoms with Gasteiger partial charge in [-0.3, -0.25) is 4.98 Å². The molecule has 19 heavy (non-hydrogen) atoms. The summed E-state index contributed by atoms with van der Waals surface area (Å²) in [4.78, 5) is 3.83. The molecule has 2 rings (SSSR count). The quantitative estimate of drug-likeness (QED) is 0.386. The van der Waals surface area contributed by atoms with E-state index in [0.29, 0.717) is 0 Å². The highest BCUT2D eigenvalue weighted by Crippen LogP contribution is 2.25. The zero-order chi connectivity index (χ0) is 13.8. The number of hydrogen-bond acceptors (Lipinski definition) is 4. The monoisotopic (exact) mass is 265 g/mol. The number of nitrogens with two attached hydrogens (primary N) is 1. The third kappa shape index (κ3) is 2.95. The van der Waals surface area contributed by atoms with Gasteiger partial charge in [0.05, 0.1) is 0 Å². The largest absolute Gasteiger partial charge is 0.454 e. The molecule has 1 aromatic carbocycles. The number of pyridine rings is 1. The smallest absolute Gasteiger partial charge is 0.188 e. The molecule has 0 amide bonds. The van der Waals surface area contributed by atoms with Crippen molar-refractivity contribution in [1.29, 1.82) is 0 Å². The second-order valence-corrected chi connectivity index (χ2v) is 3.54. The molecule has 7 heteroatoms. The van der Waals surface area contributed by atoms with Crippen LogP contribution in [-0.4, -0.2) is 16.0 Å². The molecule has 2 aromatic rings. The minimum atomic E-state index is -0.705. The van der Waals surface area contributed by atoms with Crippen molar-refractivity contribution < 1.29 is 18.7 Å². The highest BCUT2D eigenvalue weighted by Gasteiger charge is 2.08. The van der Waals surface area contributed by atoms with Crippen LogP contribution in [0.25, 0.3) is 0 Å². The Morgan fingerprint density at radius 1 is 1.26 bits per heavy atom. The summed E-state index contributed by atoms with van der Waals surface area (Å²) < 4.78 is 31.5. The fraction of sp³-hybridized carbons (Fsp3) is 0. The summed E-state index contributed by atoms with van der Waals surface area (Å²) >= 11 is 0. The molecular weight excluding hydrogens is 256 g/mol. The first-order valence-electron chi connectivity index (χ1n) is 5.17. The molecule has 0 aliphatic carbocycles. The summed E-state index contributed by atoms with van der Waals surface area (Å²) in [5, 5.41) is 11.3. The van der Waals surface area contributed by atoms with Crippen molar-refractivity contribution in [2.75, 3.05) is 0 Å². The van der Waals surface area contributed by atoms with E-state index in [1.807, 2.05) is 0 Å². The summed E-state index contributed by atoms with van der Waals surface area (Å²) in [6.45, 7) is 0. The number of hydrogen-bond donors (Lipinski definition) is 2. The van der Waals surface area contributed by atoms with Gasteiger partial charge in [0.1, 0.15) is 17.3 Å². The molecule has 0 aliphatic rings. The fourth-order valence-corrected chi connectivity index (χ4v) is 1.35. The molecule has 0 unspecified atom stereocenters. The minimum Gasteiger partial charge on any atom is -0.454 e. The van der Waals surface area contributed by atoms with Gasteiger partial charge in [-0.2, -0.15) is 0 Å². The van der Waals surface area contributed by atoms with Crippen molar-refractivity contribution in [3.63, 3.8) is 0 Å². The van der Waals surface area contributed by atoms with Crippen molar-refractivity contribution >= 4 is 5.84 Å². The topological polar surface area (TPSA) is 80.7 Å². The van der Waals surface area contributed by atoms with Crippen LogP contribution in [0.3, 0.4) is 0 Å². The maximum Gasteiger partial charge on any atom is 0.188 e. The Balaban J connectivity index is 2.31. The number of amidine groups is 1. The van der Waals surface area contributed by atoms with E-state index >= 15 is 0 Å². The SMILES string of the molecule is NC(=NO)c1cc(Oc2cc(F)ccc2F)ccn1. The van der Waals surface area contributed by atoms with Crippen molar-refractivity contribution in [2.45, 2.75) is 0 Å². The lowest BCUT2D eigenvalue weighted by molar-refractivity contribution is 0.318. The molecule has 0 radical (unpaired) electrons. The van der Waals surface area contributed by atoms with Gasteiger partial charge in [0.2, 0.25) is 0 Å². The predicted octanol–water partition coefficient (Wildman–Crippen LogP) is 2.25. The van der Waals surface area contributed by atoms with E-state index in [2.05, 4.69) is 10.1 Å². The minimum absolute atomic E-state index is 0.150. The van der Waals surface area contributed by atoms with Crippen LogP contribution in [0.5, 0.6) is 11.5 Å². The Morgan fingerprint density at radius 2 is 2.05 bits per heavy atom. The van der Waals surface area contributed by atoms with Gasteiger partial charge in [-0.25, -0.2) is 8.78 Å². The van der Waals surface area contributed by atoms with E-state index in [0.717, 1.165) is 18.2 Å². The second kappa shape index (κ2) is 5.30. The van der Waals surface area contributed by atoms with Gasteiger partial charge in [-0.05, 0) is 18.2 Å². The highest BCUT2D eigenvalue weighted by molar-refractivity contribution is 5.95. The highest BCUT2D eigenvalue weighted by atomic mass is 19.1. The van der Waals surface area contributed by atoms with Crippen molar-refractivity contribution in [2.24, 2.45) is 10.9 Å². The molecule has 1 heterocycles. The average Bonchev–Trinajstić information content (AvgIpc) is 2.42. The lowest BCUT2D eigenvalue weighted by Crippen LogP contribution is -2.14. The van der Waals surface area contributed by atoms with E-state index in [9.17, 15) is 8.78 Å². The fourth-order valence-electron chi connectivity index (χ4n) is 1.35. The molecule has 0 saturated heterocycles. The van der Waals surface area contributed by atoms with Gasteiger partial charge in [-0.1, -0.05) is 5.16 Å². The molecule has 3 N–H and O–H groups in total. The zero-order valence-corrected chi connectivity index (χ0v) is 9.55. The second-order valence-electron chi connectivity index (χ2n) is 3.54. The van der Waals surface area contributed by atoms with Crippen molar-refractivity contribution in [3.8, 4) is 11.5 Å². The average molecular weight is 265 g/mol. The number of aromatic nitrogens is 1. The van der Waals surface area contributed by atoms with Crippen LogP contribution in [0.15, 0.2) is 41.7 Å².